The first-order valence-electron chi connectivity index (χ1n) is 6.71. The van der Waals surface area contributed by atoms with Crippen molar-refractivity contribution in [3.63, 3.8) is 0 Å². The lowest BCUT2D eigenvalue weighted by Crippen LogP contribution is -2.07. The first-order chi connectivity index (χ1) is 9.33. The topological polar surface area (TPSA) is 55.8 Å². The molecular weight excluding hydrogens is 244 g/mol. The summed E-state index contributed by atoms with van der Waals surface area (Å²) in [7, 11) is 0. The molecule has 0 unspecified atom stereocenters. The Bertz CT molecular complexity index is 337. The second-order valence-corrected chi connectivity index (χ2v) is 4.29. The van der Waals surface area contributed by atoms with E-state index in [1.165, 1.54) is 0 Å². The Morgan fingerprint density at radius 1 is 1.05 bits per heavy atom. The van der Waals surface area contributed by atoms with E-state index in [2.05, 4.69) is 0 Å². The van der Waals surface area contributed by atoms with Crippen molar-refractivity contribution in [2.75, 3.05) is 19.8 Å². The quantitative estimate of drug-likeness (QED) is 0.521. The maximum Gasteiger partial charge on any atom is 0.305 e. The van der Waals surface area contributed by atoms with Gasteiger partial charge < -0.3 is 14.6 Å². The summed E-state index contributed by atoms with van der Waals surface area (Å²) in [4.78, 5) is 11.1. The van der Waals surface area contributed by atoms with Crippen molar-refractivity contribution in [2.24, 2.45) is 0 Å². The molecule has 1 N–H and O–H groups in total. The molecule has 19 heavy (non-hydrogen) atoms. The summed E-state index contributed by atoms with van der Waals surface area (Å²) >= 11 is 0. The van der Waals surface area contributed by atoms with Gasteiger partial charge in [-0.1, -0.05) is 30.3 Å². The third-order valence-corrected chi connectivity index (χ3v) is 2.60. The van der Waals surface area contributed by atoms with Crippen molar-refractivity contribution >= 4 is 5.97 Å². The number of hydrogen-bond acceptors (Lipinski definition) is 4. The first-order valence-corrected chi connectivity index (χ1v) is 6.71. The summed E-state index contributed by atoms with van der Waals surface area (Å²) in [6.07, 6.45) is 2.44. The highest BCUT2D eigenvalue weighted by Gasteiger charge is 2.01. The van der Waals surface area contributed by atoms with Gasteiger partial charge in [0.05, 0.1) is 13.2 Å². The Hall–Kier alpha value is -1.39. The van der Waals surface area contributed by atoms with Crippen LogP contribution in [0.25, 0.3) is 0 Å². The minimum absolute atomic E-state index is 0.0302. The minimum Gasteiger partial charge on any atom is -0.466 e. The Morgan fingerprint density at radius 2 is 1.79 bits per heavy atom. The van der Waals surface area contributed by atoms with Crippen molar-refractivity contribution in [3.8, 4) is 0 Å². The van der Waals surface area contributed by atoms with E-state index in [0.717, 1.165) is 18.4 Å². The maximum absolute atomic E-state index is 11.1. The van der Waals surface area contributed by atoms with Crippen LogP contribution < -0.4 is 0 Å². The van der Waals surface area contributed by atoms with Crippen LogP contribution in [0.15, 0.2) is 30.3 Å². The zero-order valence-electron chi connectivity index (χ0n) is 11.2. The Balaban J connectivity index is 1.90. The van der Waals surface area contributed by atoms with E-state index in [4.69, 9.17) is 14.6 Å². The standard InChI is InChI=1S/C15H22O4/c16-10-6-9-15(17)19-12-5-4-11-18-13-14-7-2-1-3-8-14/h1-3,7-8,16H,4-6,9-13H2. The van der Waals surface area contributed by atoms with Crippen LogP contribution in [-0.4, -0.2) is 30.9 Å². The van der Waals surface area contributed by atoms with Gasteiger partial charge in [0.15, 0.2) is 0 Å². The molecule has 0 saturated carbocycles. The van der Waals surface area contributed by atoms with Gasteiger partial charge >= 0.3 is 5.97 Å². The molecular formula is C15H22O4. The maximum atomic E-state index is 11.1. The van der Waals surface area contributed by atoms with Gasteiger partial charge in [-0.25, -0.2) is 0 Å². The average molecular weight is 266 g/mol. The summed E-state index contributed by atoms with van der Waals surface area (Å²) in [5, 5.41) is 8.55. The van der Waals surface area contributed by atoms with Crippen LogP contribution in [0.5, 0.6) is 0 Å². The van der Waals surface area contributed by atoms with E-state index < -0.39 is 0 Å². The summed E-state index contributed by atoms with van der Waals surface area (Å²) in [6, 6.07) is 10.0. The molecule has 106 valence electrons. The lowest BCUT2D eigenvalue weighted by atomic mass is 10.2. The van der Waals surface area contributed by atoms with Crippen LogP contribution in [0.1, 0.15) is 31.2 Å². The van der Waals surface area contributed by atoms with Crippen LogP contribution in [-0.2, 0) is 20.9 Å². The average Bonchev–Trinajstić information content (AvgIpc) is 2.45. The fraction of sp³-hybridized carbons (Fsp3) is 0.533. The normalized spacial score (nSPS) is 10.4. The molecule has 0 atom stereocenters. The second-order valence-electron chi connectivity index (χ2n) is 4.29. The van der Waals surface area contributed by atoms with Crippen LogP contribution >= 0.6 is 0 Å². The predicted octanol–water partition coefficient (Wildman–Crippen LogP) is 2.30. The van der Waals surface area contributed by atoms with Gasteiger partial charge in [-0.15, -0.1) is 0 Å². The first kappa shape index (κ1) is 15.7. The van der Waals surface area contributed by atoms with Gasteiger partial charge in [-0.2, -0.15) is 0 Å². The number of unbranched alkanes of at least 4 members (excludes halogenated alkanes) is 1. The third-order valence-electron chi connectivity index (χ3n) is 2.60. The molecule has 0 heterocycles. The minimum atomic E-state index is -0.237. The SMILES string of the molecule is O=C(CCCO)OCCCCOCc1ccccc1. The van der Waals surface area contributed by atoms with Gasteiger partial charge in [0, 0.05) is 19.6 Å². The van der Waals surface area contributed by atoms with Crippen LogP contribution in [0.2, 0.25) is 0 Å². The number of ether oxygens (including phenoxy) is 2. The van der Waals surface area contributed by atoms with E-state index >= 15 is 0 Å². The number of benzene rings is 1. The molecule has 0 spiro atoms. The number of aliphatic hydroxyl groups is 1. The van der Waals surface area contributed by atoms with Crippen molar-refractivity contribution in [1.82, 2.24) is 0 Å². The number of carbonyl (C=O) groups excluding carboxylic acids is 1. The van der Waals surface area contributed by atoms with E-state index in [-0.39, 0.29) is 12.6 Å². The number of hydrogen-bond donors (Lipinski definition) is 1. The van der Waals surface area contributed by atoms with Gasteiger partial charge in [0.25, 0.3) is 0 Å². The molecule has 0 fully saturated rings. The van der Waals surface area contributed by atoms with Crippen molar-refractivity contribution < 1.29 is 19.4 Å². The largest absolute Gasteiger partial charge is 0.466 e. The lowest BCUT2D eigenvalue weighted by molar-refractivity contribution is -0.144. The van der Waals surface area contributed by atoms with Crippen LogP contribution in [0.4, 0.5) is 0 Å². The van der Waals surface area contributed by atoms with Crippen molar-refractivity contribution in [3.05, 3.63) is 35.9 Å². The second kappa shape index (κ2) is 10.5. The van der Waals surface area contributed by atoms with Gasteiger partial charge in [0.1, 0.15) is 0 Å². The van der Waals surface area contributed by atoms with E-state index in [0.29, 0.717) is 32.7 Å². The molecule has 0 aliphatic heterocycles. The lowest BCUT2D eigenvalue weighted by Gasteiger charge is -2.05. The smallest absolute Gasteiger partial charge is 0.305 e. The molecule has 1 aromatic rings. The number of carbonyl (C=O) groups is 1. The van der Waals surface area contributed by atoms with E-state index in [1.54, 1.807) is 0 Å². The van der Waals surface area contributed by atoms with E-state index in [1.807, 2.05) is 30.3 Å². The molecule has 0 aliphatic carbocycles. The molecule has 0 aromatic heterocycles. The number of esters is 1. The summed E-state index contributed by atoms with van der Waals surface area (Å²) in [5.74, 6) is -0.237. The molecule has 0 saturated heterocycles. The molecule has 1 aromatic carbocycles. The number of aliphatic hydroxyl groups excluding tert-OH is 1. The Labute approximate surface area is 114 Å². The summed E-state index contributed by atoms with van der Waals surface area (Å²) in [6.45, 7) is 1.75. The zero-order chi connectivity index (χ0) is 13.8. The monoisotopic (exact) mass is 266 g/mol. The fourth-order valence-electron chi connectivity index (χ4n) is 1.55. The summed E-state index contributed by atoms with van der Waals surface area (Å²) in [5.41, 5.74) is 1.16. The van der Waals surface area contributed by atoms with Gasteiger partial charge in [-0.3, -0.25) is 4.79 Å². The Morgan fingerprint density at radius 3 is 2.53 bits per heavy atom. The van der Waals surface area contributed by atoms with Crippen LogP contribution in [0, 0.1) is 0 Å². The molecule has 0 aliphatic rings. The van der Waals surface area contributed by atoms with Crippen LogP contribution in [0.3, 0.4) is 0 Å². The van der Waals surface area contributed by atoms with E-state index in [9.17, 15) is 4.79 Å². The third kappa shape index (κ3) is 8.35. The molecule has 4 heteroatoms. The highest BCUT2D eigenvalue weighted by molar-refractivity contribution is 5.69. The van der Waals surface area contributed by atoms with Crippen molar-refractivity contribution in [2.45, 2.75) is 32.3 Å². The fourth-order valence-corrected chi connectivity index (χ4v) is 1.55. The highest BCUT2D eigenvalue weighted by Crippen LogP contribution is 2.02. The predicted molar refractivity (Wildman–Crippen MR) is 72.6 cm³/mol. The Kier molecular flexibility index (Phi) is 8.68. The molecule has 1 rings (SSSR count). The zero-order valence-corrected chi connectivity index (χ0v) is 11.2. The number of rotatable bonds is 10. The van der Waals surface area contributed by atoms with Gasteiger partial charge in [0.2, 0.25) is 0 Å². The molecule has 0 bridgehead atoms. The molecule has 0 radical (unpaired) electrons. The van der Waals surface area contributed by atoms with Crippen molar-refractivity contribution in [1.29, 1.82) is 0 Å². The summed E-state index contributed by atoms with van der Waals surface area (Å²) < 4.78 is 10.5. The van der Waals surface area contributed by atoms with Gasteiger partial charge in [-0.05, 0) is 24.8 Å². The molecule has 0 amide bonds. The highest BCUT2D eigenvalue weighted by atomic mass is 16.5. The molecule has 4 nitrogen and oxygen atoms in total.